The second-order valence-electron chi connectivity index (χ2n) is 7.99. The van der Waals surface area contributed by atoms with E-state index >= 15 is 0 Å². The van der Waals surface area contributed by atoms with E-state index in [0.717, 1.165) is 12.1 Å². The lowest BCUT2D eigenvalue weighted by Gasteiger charge is -2.23. The van der Waals surface area contributed by atoms with Gasteiger partial charge in [0.15, 0.2) is 11.6 Å². The molecule has 0 unspecified atom stereocenters. The fraction of sp³-hybridized carbons (Fsp3) is 0.185. The third-order valence-corrected chi connectivity index (χ3v) is 5.87. The molecular formula is C27H24ClF2N3O3. The summed E-state index contributed by atoms with van der Waals surface area (Å²) < 4.78 is 40.8. The van der Waals surface area contributed by atoms with Gasteiger partial charge in [-0.05, 0) is 43.3 Å². The summed E-state index contributed by atoms with van der Waals surface area (Å²) in [5.41, 5.74) is 2.14. The number of carbonyl (C=O) groups is 1. The molecular weight excluding hydrogens is 488 g/mol. The molecule has 186 valence electrons. The zero-order valence-corrected chi connectivity index (χ0v) is 20.5. The molecule has 0 aliphatic rings. The minimum Gasteiger partial charge on any atom is -0.435 e. The first-order valence-electron chi connectivity index (χ1n) is 11.2. The van der Waals surface area contributed by atoms with E-state index in [4.69, 9.17) is 21.1 Å². The number of para-hydroxylation sites is 1. The Morgan fingerprint density at radius 3 is 2.47 bits per heavy atom. The van der Waals surface area contributed by atoms with Crippen LogP contribution in [0.2, 0.25) is 5.02 Å². The summed E-state index contributed by atoms with van der Waals surface area (Å²) in [6.45, 7) is 2.41. The van der Waals surface area contributed by atoms with Crippen molar-refractivity contribution < 1.29 is 23.0 Å². The highest BCUT2D eigenvalue weighted by molar-refractivity contribution is 6.33. The molecule has 0 atom stereocenters. The number of carbonyl (C=O) groups excluding carboxylic acids is 1. The Kier molecular flexibility index (Phi) is 7.97. The van der Waals surface area contributed by atoms with Gasteiger partial charge in [0.25, 0.3) is 5.91 Å². The first-order chi connectivity index (χ1) is 17.4. The van der Waals surface area contributed by atoms with Gasteiger partial charge < -0.3 is 14.4 Å². The molecule has 0 saturated heterocycles. The quantitative estimate of drug-likeness (QED) is 0.269. The van der Waals surface area contributed by atoms with E-state index in [1.54, 1.807) is 43.2 Å². The molecule has 6 nitrogen and oxygen atoms in total. The predicted octanol–water partition coefficient (Wildman–Crippen LogP) is 6.19. The molecule has 0 spiro atoms. The van der Waals surface area contributed by atoms with Crippen molar-refractivity contribution in [1.29, 1.82) is 0 Å². The fourth-order valence-electron chi connectivity index (χ4n) is 3.68. The van der Waals surface area contributed by atoms with Crippen LogP contribution in [0.25, 0.3) is 5.69 Å². The monoisotopic (exact) mass is 511 g/mol. The van der Waals surface area contributed by atoms with Gasteiger partial charge in [-0.2, -0.15) is 5.10 Å². The number of methoxy groups -OCH3 is 1. The summed E-state index contributed by atoms with van der Waals surface area (Å²) in [6, 6.07) is 19.0. The Bertz CT molecular complexity index is 1360. The van der Waals surface area contributed by atoms with E-state index in [-0.39, 0.29) is 37.2 Å². The zero-order valence-electron chi connectivity index (χ0n) is 19.7. The molecule has 0 aliphatic heterocycles. The predicted molar refractivity (Wildman–Crippen MR) is 133 cm³/mol. The summed E-state index contributed by atoms with van der Waals surface area (Å²) in [4.78, 5) is 15.0. The lowest BCUT2D eigenvalue weighted by atomic mass is 10.1. The number of aromatic nitrogens is 2. The first kappa shape index (κ1) is 25.3. The van der Waals surface area contributed by atoms with Crippen molar-refractivity contribution in [3.63, 3.8) is 0 Å². The minimum atomic E-state index is -0.859. The molecule has 0 fully saturated rings. The van der Waals surface area contributed by atoms with Gasteiger partial charge in [0.05, 0.1) is 40.7 Å². The van der Waals surface area contributed by atoms with Crippen LogP contribution in [0.15, 0.2) is 72.8 Å². The molecule has 1 amide bonds. The molecule has 0 radical (unpaired) electrons. The number of nitrogens with zero attached hydrogens (tertiary/aromatic N) is 3. The maximum Gasteiger partial charge on any atom is 0.255 e. The molecule has 9 heteroatoms. The Hall–Kier alpha value is -3.75. The van der Waals surface area contributed by atoms with Crippen molar-refractivity contribution in [2.75, 3.05) is 20.3 Å². The number of aryl methyl sites for hydroxylation is 1. The second-order valence-corrected chi connectivity index (χ2v) is 8.40. The van der Waals surface area contributed by atoms with Crippen LogP contribution in [0.1, 0.15) is 21.6 Å². The van der Waals surface area contributed by atoms with Crippen LogP contribution in [0.5, 0.6) is 11.6 Å². The highest BCUT2D eigenvalue weighted by Crippen LogP contribution is 2.33. The normalized spacial score (nSPS) is 10.9. The maximum absolute atomic E-state index is 14.5. The summed E-state index contributed by atoms with van der Waals surface area (Å²) in [7, 11) is 1.54. The number of halogens is 3. The second kappa shape index (κ2) is 11.3. The third-order valence-electron chi connectivity index (χ3n) is 5.54. The van der Waals surface area contributed by atoms with Crippen LogP contribution < -0.4 is 4.74 Å². The van der Waals surface area contributed by atoms with E-state index in [2.05, 4.69) is 5.10 Å². The van der Waals surface area contributed by atoms with Gasteiger partial charge in [0.1, 0.15) is 5.82 Å². The van der Waals surface area contributed by atoms with Gasteiger partial charge in [0.2, 0.25) is 5.88 Å². The molecule has 0 aliphatic carbocycles. The number of hydrogen-bond acceptors (Lipinski definition) is 4. The van der Waals surface area contributed by atoms with Gasteiger partial charge in [-0.15, -0.1) is 0 Å². The van der Waals surface area contributed by atoms with Crippen LogP contribution in [0.3, 0.4) is 0 Å². The molecule has 1 heterocycles. The molecule has 4 aromatic rings. The topological polar surface area (TPSA) is 56.6 Å². The Morgan fingerprint density at radius 2 is 1.78 bits per heavy atom. The number of ether oxygens (including phenoxy) is 2. The highest BCUT2D eigenvalue weighted by Gasteiger charge is 2.26. The molecule has 36 heavy (non-hydrogen) atoms. The smallest absolute Gasteiger partial charge is 0.255 e. The Labute approximate surface area is 212 Å². The van der Waals surface area contributed by atoms with Crippen molar-refractivity contribution in [1.82, 2.24) is 14.7 Å². The number of rotatable bonds is 9. The summed E-state index contributed by atoms with van der Waals surface area (Å²) >= 11 is 6.29. The first-order valence-corrected chi connectivity index (χ1v) is 11.6. The number of amides is 1. The van der Waals surface area contributed by atoms with E-state index in [9.17, 15) is 13.6 Å². The van der Waals surface area contributed by atoms with Crippen LogP contribution in [0.4, 0.5) is 8.78 Å². The number of hydrogen-bond donors (Lipinski definition) is 0. The largest absolute Gasteiger partial charge is 0.435 e. The SMILES string of the molecule is COCCN(Cc1c(C)nn(-c2ccccc2)c1Oc1ccc(F)cc1F)C(=O)c1ccccc1Cl. The highest BCUT2D eigenvalue weighted by atomic mass is 35.5. The van der Waals surface area contributed by atoms with Crippen molar-refractivity contribution >= 4 is 17.5 Å². The summed E-state index contributed by atoms with van der Waals surface area (Å²) in [5.74, 6) is -1.84. The Morgan fingerprint density at radius 1 is 1.06 bits per heavy atom. The maximum atomic E-state index is 14.5. The van der Waals surface area contributed by atoms with Gasteiger partial charge >= 0.3 is 0 Å². The summed E-state index contributed by atoms with van der Waals surface area (Å²) in [6.07, 6.45) is 0. The van der Waals surface area contributed by atoms with Gasteiger partial charge in [-0.1, -0.05) is 41.9 Å². The molecule has 0 saturated carbocycles. The van der Waals surface area contributed by atoms with Crippen LogP contribution in [0, 0.1) is 18.6 Å². The van der Waals surface area contributed by atoms with Gasteiger partial charge in [-0.25, -0.2) is 13.5 Å². The average molecular weight is 512 g/mol. The van der Waals surface area contributed by atoms with Crippen LogP contribution in [-0.4, -0.2) is 40.8 Å². The van der Waals surface area contributed by atoms with Crippen molar-refractivity contribution in [3.05, 3.63) is 106 Å². The van der Waals surface area contributed by atoms with Crippen LogP contribution >= 0.6 is 11.6 Å². The molecule has 3 aromatic carbocycles. The standard InChI is InChI=1S/C27H24ClF2N3O3/c1-18-22(17-32(14-15-35-2)26(34)21-10-6-7-11-23(21)28)27(33(31-18)20-8-4-3-5-9-20)36-25-13-12-19(29)16-24(25)30/h3-13,16H,14-15,17H2,1-2H3. The van der Waals surface area contributed by atoms with E-state index in [1.807, 2.05) is 30.3 Å². The third kappa shape index (κ3) is 5.56. The lowest BCUT2D eigenvalue weighted by molar-refractivity contribution is 0.0679. The molecule has 1 aromatic heterocycles. The van der Waals surface area contributed by atoms with Crippen molar-refractivity contribution in [3.8, 4) is 17.3 Å². The minimum absolute atomic E-state index is 0.0875. The molecule has 4 rings (SSSR count). The van der Waals surface area contributed by atoms with E-state index < -0.39 is 11.6 Å². The van der Waals surface area contributed by atoms with E-state index in [0.29, 0.717) is 27.5 Å². The van der Waals surface area contributed by atoms with Crippen molar-refractivity contribution in [2.24, 2.45) is 0 Å². The molecule has 0 N–H and O–H groups in total. The van der Waals surface area contributed by atoms with E-state index in [1.165, 1.54) is 10.7 Å². The average Bonchev–Trinajstić information content (AvgIpc) is 3.18. The fourth-order valence-corrected chi connectivity index (χ4v) is 3.90. The van der Waals surface area contributed by atoms with Gasteiger partial charge in [-0.3, -0.25) is 4.79 Å². The number of benzene rings is 3. The van der Waals surface area contributed by atoms with Crippen LogP contribution in [-0.2, 0) is 11.3 Å². The summed E-state index contributed by atoms with van der Waals surface area (Å²) in [5, 5.41) is 4.93. The lowest BCUT2D eigenvalue weighted by Crippen LogP contribution is -2.34. The molecule has 0 bridgehead atoms. The van der Waals surface area contributed by atoms with Crippen molar-refractivity contribution in [2.45, 2.75) is 13.5 Å². The van der Waals surface area contributed by atoms with Gasteiger partial charge in [0, 0.05) is 19.7 Å². The Balaban J connectivity index is 1.78. The zero-order chi connectivity index (χ0) is 25.7.